The third-order valence-corrected chi connectivity index (χ3v) is 6.64. The van der Waals surface area contributed by atoms with E-state index in [2.05, 4.69) is 59.1 Å². The maximum atomic E-state index is 10.8. The van der Waals surface area contributed by atoms with Crippen LogP contribution in [0.4, 0.5) is 0 Å². The molecule has 0 atom stereocenters. The molecule has 67 heavy (non-hydrogen) atoms. The largest absolute Gasteiger partial charge is 0.394 e. The SMILES string of the molecule is C#CCOCCOCCOCCN.C#CCOCCOCCOCCN=[N+]=[N-].C#CCOCCOCCOCCNC(=O)CBr.OCCOCCOCCCl.[N-]=[N+]=NCCOCCOCCO. The van der Waals surface area contributed by atoms with E-state index in [1.54, 1.807) is 0 Å². The van der Waals surface area contributed by atoms with E-state index in [1.165, 1.54) is 0 Å². The van der Waals surface area contributed by atoms with Gasteiger partial charge in [-0.3, -0.25) is 4.79 Å². The summed E-state index contributed by atoms with van der Waals surface area (Å²) < 4.78 is 65.8. The van der Waals surface area contributed by atoms with Gasteiger partial charge >= 0.3 is 0 Å². The van der Waals surface area contributed by atoms with Gasteiger partial charge in [0.1, 0.15) is 19.8 Å². The standard InChI is InChI=1S/C11H18BrNO4.C9H15N3O3.C9H17NO3.C6H13ClO3.C6H13N3O3/c1-2-4-15-6-8-17-9-7-16-5-3-13-11(14)10-12;1-2-4-13-6-8-15-9-7-14-5-3-11-12-10;1-2-4-11-6-8-13-9-7-12-5-3-10;7-1-3-9-5-6-10-4-2-8;7-9-8-1-3-11-5-6-12-4-2-10/h1H,3-10H2,(H,13,14);1H,3-9H2;1H,3-10H2;8H,1-6H2;10H,1-6H2. The van der Waals surface area contributed by atoms with Crippen LogP contribution in [0.1, 0.15) is 0 Å². The van der Waals surface area contributed by atoms with Gasteiger partial charge in [0.2, 0.25) is 5.91 Å². The van der Waals surface area contributed by atoms with Gasteiger partial charge in [-0.25, -0.2) is 0 Å². The molecule has 0 aliphatic carbocycles. The minimum Gasteiger partial charge on any atom is -0.394 e. The quantitative estimate of drug-likeness (QED) is 0.0167. The second-order valence-corrected chi connectivity index (χ2v) is 12.1. The molecule has 0 saturated carbocycles. The number of halogens is 2. The number of terminal acetylenes is 3. The molecule has 0 aromatic heterocycles. The first-order valence-electron chi connectivity index (χ1n) is 21.1. The number of amides is 1. The molecule has 5 N–H and O–H groups in total. The van der Waals surface area contributed by atoms with Crippen molar-refractivity contribution >= 4 is 33.4 Å². The molecule has 0 aliphatic heterocycles. The van der Waals surface area contributed by atoms with Crippen LogP contribution in [-0.2, 0) is 66.4 Å². The topological polar surface area (TPSA) is 313 Å². The lowest BCUT2D eigenvalue weighted by Crippen LogP contribution is -2.28. The molecule has 0 fully saturated rings. The van der Waals surface area contributed by atoms with Gasteiger partial charge in [-0.15, -0.1) is 30.9 Å². The Morgan fingerprint density at radius 1 is 0.522 bits per heavy atom. The lowest BCUT2D eigenvalue weighted by atomic mass is 10.6. The van der Waals surface area contributed by atoms with Crippen molar-refractivity contribution in [3.8, 4) is 37.0 Å². The van der Waals surface area contributed by atoms with E-state index in [-0.39, 0.29) is 19.1 Å². The van der Waals surface area contributed by atoms with Crippen molar-refractivity contribution in [1.29, 1.82) is 0 Å². The summed E-state index contributed by atoms with van der Waals surface area (Å²) in [4.78, 5) is 16.0. The van der Waals surface area contributed by atoms with Crippen LogP contribution in [0.2, 0.25) is 0 Å². The van der Waals surface area contributed by atoms with E-state index in [4.69, 9.17) is 119 Å². The maximum absolute atomic E-state index is 10.8. The number of nitrogens with zero attached hydrogens (tertiary/aromatic N) is 6. The van der Waals surface area contributed by atoms with E-state index in [0.29, 0.717) is 209 Å². The predicted molar refractivity (Wildman–Crippen MR) is 256 cm³/mol. The van der Waals surface area contributed by atoms with Gasteiger partial charge in [0.15, 0.2) is 0 Å². The number of alkyl halides is 2. The van der Waals surface area contributed by atoms with Crippen molar-refractivity contribution in [3.63, 3.8) is 0 Å². The first kappa shape index (κ1) is 72.9. The van der Waals surface area contributed by atoms with E-state index in [1.807, 2.05) is 0 Å². The fourth-order valence-electron chi connectivity index (χ4n) is 3.23. The number of carbonyl (C=O) groups excluding carboxylic acids is 1. The highest BCUT2D eigenvalue weighted by molar-refractivity contribution is 9.09. The van der Waals surface area contributed by atoms with Crippen LogP contribution in [-0.4, -0.2) is 239 Å². The third kappa shape index (κ3) is 93.7. The van der Waals surface area contributed by atoms with E-state index >= 15 is 0 Å². The summed E-state index contributed by atoms with van der Waals surface area (Å²) in [6.45, 7) is 14.1. The van der Waals surface area contributed by atoms with Gasteiger partial charge in [-0.1, -0.05) is 43.9 Å². The fraction of sp³-hybridized carbons (Fsp3) is 0.829. The molecule has 0 rings (SSSR count). The highest BCUT2D eigenvalue weighted by Gasteiger charge is 1.96. The molecule has 24 nitrogen and oxygen atoms in total. The molecule has 26 heteroatoms. The summed E-state index contributed by atoms with van der Waals surface area (Å²) in [5.41, 5.74) is 21.1. The lowest BCUT2D eigenvalue weighted by Gasteiger charge is -2.06. The third-order valence-electron chi connectivity index (χ3n) is 5.97. The zero-order valence-electron chi connectivity index (χ0n) is 38.9. The molecule has 0 aliphatic rings. The zero-order valence-corrected chi connectivity index (χ0v) is 41.2. The van der Waals surface area contributed by atoms with Gasteiger partial charge in [-0.2, -0.15) is 0 Å². The average Bonchev–Trinajstić information content (AvgIpc) is 3.34. The molecule has 390 valence electrons. The van der Waals surface area contributed by atoms with Crippen LogP contribution in [0.15, 0.2) is 10.2 Å². The number of aliphatic hydroxyl groups excluding tert-OH is 2. The molecule has 0 aromatic carbocycles. The van der Waals surface area contributed by atoms with Crippen molar-refractivity contribution in [2.75, 3.05) is 222 Å². The van der Waals surface area contributed by atoms with Crippen molar-refractivity contribution in [2.24, 2.45) is 16.0 Å². The van der Waals surface area contributed by atoms with Crippen LogP contribution < -0.4 is 11.1 Å². The lowest BCUT2D eigenvalue weighted by molar-refractivity contribution is -0.118. The first-order chi connectivity index (χ1) is 33.0. The summed E-state index contributed by atoms with van der Waals surface area (Å²) >= 11 is 8.38. The molecule has 0 saturated heterocycles. The summed E-state index contributed by atoms with van der Waals surface area (Å²) in [5.74, 6) is 7.56. The Morgan fingerprint density at radius 3 is 1.12 bits per heavy atom. The smallest absolute Gasteiger partial charge is 0.230 e. The van der Waals surface area contributed by atoms with Crippen molar-refractivity contribution in [3.05, 3.63) is 20.9 Å². The normalized spacial score (nSPS) is 9.70. The summed E-state index contributed by atoms with van der Waals surface area (Å²) in [6.07, 6.45) is 15.0. The second-order valence-electron chi connectivity index (χ2n) is 11.2. The van der Waals surface area contributed by atoms with Crippen molar-refractivity contribution in [1.82, 2.24) is 5.32 Å². The fourth-order valence-corrected chi connectivity index (χ4v) is 3.54. The Kier molecular flexibility index (Phi) is 87.0. The van der Waals surface area contributed by atoms with Crippen LogP contribution >= 0.6 is 27.5 Å². The number of nitrogens with one attached hydrogen (secondary N) is 1. The monoisotopic (exact) mass is 1050 g/mol. The van der Waals surface area contributed by atoms with Gasteiger partial charge in [0, 0.05) is 41.9 Å². The summed E-state index contributed by atoms with van der Waals surface area (Å²) in [7, 11) is 0. The Bertz CT molecular complexity index is 1180. The maximum Gasteiger partial charge on any atom is 0.230 e. The molecular weight excluding hydrogens is 976 g/mol. The Balaban J connectivity index is -0.000000242. The Labute approximate surface area is 410 Å². The van der Waals surface area contributed by atoms with Gasteiger partial charge in [0.05, 0.1) is 171 Å². The number of carbonyl (C=O) groups is 1. The second kappa shape index (κ2) is 80.0. The van der Waals surface area contributed by atoms with Crippen molar-refractivity contribution < 1.29 is 76.6 Å². The number of rotatable bonds is 45. The molecule has 0 aromatic rings. The summed E-state index contributed by atoms with van der Waals surface area (Å²) in [5, 5.41) is 26.2. The predicted octanol–water partition coefficient (Wildman–Crippen LogP) is 1.36. The molecule has 0 unspecified atom stereocenters. The molecule has 0 bridgehead atoms. The number of hydrogen-bond acceptors (Lipinski definition) is 19. The minimum absolute atomic E-state index is 0.0265. The number of aliphatic hydroxyl groups is 2. The van der Waals surface area contributed by atoms with Crippen LogP contribution in [0.3, 0.4) is 0 Å². The molecular formula is C41H76BrClN8O16. The van der Waals surface area contributed by atoms with Gasteiger partial charge < -0.3 is 82.8 Å². The molecule has 0 radical (unpaired) electrons. The Morgan fingerprint density at radius 2 is 0.821 bits per heavy atom. The molecule has 1 amide bonds. The van der Waals surface area contributed by atoms with E-state index in [9.17, 15) is 4.79 Å². The van der Waals surface area contributed by atoms with Crippen molar-refractivity contribution in [2.45, 2.75) is 0 Å². The number of ether oxygens (including phenoxy) is 13. The first-order valence-corrected chi connectivity index (χ1v) is 22.8. The highest BCUT2D eigenvalue weighted by Crippen LogP contribution is 1.85. The average molecular weight is 1050 g/mol. The number of hydrogen-bond donors (Lipinski definition) is 4. The zero-order chi connectivity index (χ0) is 50.5. The highest BCUT2D eigenvalue weighted by atomic mass is 79.9. The van der Waals surface area contributed by atoms with Crippen LogP contribution in [0, 0.1) is 37.0 Å². The van der Waals surface area contributed by atoms with Gasteiger partial charge in [-0.05, 0) is 11.1 Å². The summed E-state index contributed by atoms with van der Waals surface area (Å²) in [6, 6.07) is 0. The Hall–Kier alpha value is -3.10. The van der Waals surface area contributed by atoms with E-state index in [0.717, 1.165) is 0 Å². The number of azide groups is 2. The van der Waals surface area contributed by atoms with E-state index < -0.39 is 0 Å². The molecule has 0 heterocycles. The van der Waals surface area contributed by atoms with Gasteiger partial charge in [0.25, 0.3) is 0 Å². The minimum atomic E-state index is -0.0458. The molecule has 0 spiro atoms. The van der Waals surface area contributed by atoms with Crippen LogP contribution in [0.25, 0.3) is 20.9 Å². The van der Waals surface area contributed by atoms with Crippen LogP contribution in [0.5, 0.6) is 0 Å². The number of nitrogens with two attached hydrogens (primary N) is 1.